The van der Waals surface area contributed by atoms with Gasteiger partial charge in [0.15, 0.2) is 0 Å². The number of rotatable bonds is 4. The average Bonchev–Trinajstić information content (AvgIpc) is 2.71. The van der Waals surface area contributed by atoms with Gasteiger partial charge in [-0.3, -0.25) is 0 Å². The van der Waals surface area contributed by atoms with Crippen molar-refractivity contribution < 1.29 is 0 Å². The van der Waals surface area contributed by atoms with Crippen molar-refractivity contribution in [1.82, 2.24) is 4.98 Å². The zero-order valence-corrected chi connectivity index (χ0v) is 12.8. The first-order valence-electron chi connectivity index (χ1n) is 6.74. The predicted octanol–water partition coefficient (Wildman–Crippen LogP) is 3.90. The Morgan fingerprint density at radius 1 is 1.16 bits per heavy atom. The summed E-state index contributed by atoms with van der Waals surface area (Å²) >= 11 is 1.81. The molecule has 2 N–H and O–H groups in total. The van der Waals surface area contributed by atoms with E-state index >= 15 is 0 Å². The van der Waals surface area contributed by atoms with Crippen molar-refractivity contribution in [1.29, 1.82) is 0 Å². The number of benzene rings is 1. The van der Waals surface area contributed by atoms with Gasteiger partial charge < -0.3 is 5.73 Å². The second kappa shape index (κ2) is 5.85. The van der Waals surface area contributed by atoms with E-state index in [1.54, 1.807) is 0 Å². The zero-order chi connectivity index (χ0) is 13.9. The van der Waals surface area contributed by atoms with Gasteiger partial charge in [-0.1, -0.05) is 51.1 Å². The maximum atomic E-state index is 5.72. The first-order valence-corrected chi connectivity index (χ1v) is 7.55. The highest BCUT2D eigenvalue weighted by atomic mass is 32.1. The molecule has 0 aliphatic carbocycles. The van der Waals surface area contributed by atoms with Gasteiger partial charge in [0, 0.05) is 16.9 Å². The molecule has 0 atom stereocenters. The fourth-order valence-electron chi connectivity index (χ4n) is 2.05. The molecule has 2 rings (SSSR count). The first-order chi connectivity index (χ1) is 8.99. The molecule has 102 valence electrons. The van der Waals surface area contributed by atoms with Crippen molar-refractivity contribution in [2.75, 3.05) is 6.54 Å². The van der Waals surface area contributed by atoms with Crippen LogP contribution in [0.1, 0.15) is 30.7 Å². The molecule has 1 aromatic carbocycles. The minimum Gasteiger partial charge on any atom is -0.330 e. The molecule has 0 spiro atoms. The highest BCUT2D eigenvalue weighted by Gasteiger charge is 2.17. The molecule has 1 aromatic heterocycles. The zero-order valence-electron chi connectivity index (χ0n) is 11.9. The number of thiazole rings is 1. The first kappa shape index (κ1) is 14.2. The summed E-state index contributed by atoms with van der Waals surface area (Å²) in [6.45, 7) is 7.43. The number of hydrogen-bond donors (Lipinski definition) is 1. The third-order valence-electron chi connectivity index (χ3n) is 2.84. The lowest BCUT2D eigenvalue weighted by molar-refractivity contribution is 0.410. The molecule has 1 heterocycles. The molecule has 0 bridgehead atoms. The molecule has 0 aliphatic heterocycles. The number of nitrogens with zero attached hydrogens (tertiary/aromatic N) is 1. The molecule has 0 saturated carbocycles. The minimum atomic E-state index is 0.270. The van der Waals surface area contributed by atoms with Crippen LogP contribution in [0.4, 0.5) is 0 Å². The molecule has 2 nitrogen and oxygen atoms in total. The van der Waals surface area contributed by atoms with Gasteiger partial charge >= 0.3 is 0 Å². The SMILES string of the molecule is CC(C)(C)Cc1nc(-c2ccccc2)c(CCN)s1. The van der Waals surface area contributed by atoms with E-state index in [1.807, 2.05) is 17.4 Å². The van der Waals surface area contributed by atoms with Crippen molar-refractivity contribution >= 4 is 11.3 Å². The van der Waals surface area contributed by atoms with Crippen LogP contribution in [0.15, 0.2) is 30.3 Å². The van der Waals surface area contributed by atoms with Gasteiger partial charge in [-0.25, -0.2) is 4.98 Å². The third-order valence-corrected chi connectivity index (χ3v) is 3.96. The Kier molecular flexibility index (Phi) is 4.38. The number of hydrogen-bond acceptors (Lipinski definition) is 3. The molecule has 0 fully saturated rings. The molecule has 0 amide bonds. The smallest absolute Gasteiger partial charge is 0.0940 e. The van der Waals surface area contributed by atoms with Crippen molar-refractivity contribution in [2.45, 2.75) is 33.6 Å². The van der Waals surface area contributed by atoms with E-state index in [0.29, 0.717) is 6.54 Å². The molecule has 0 saturated heterocycles. The van der Waals surface area contributed by atoms with Gasteiger partial charge in [0.25, 0.3) is 0 Å². The van der Waals surface area contributed by atoms with Crippen LogP contribution in [0.3, 0.4) is 0 Å². The largest absolute Gasteiger partial charge is 0.330 e. The van der Waals surface area contributed by atoms with Crippen LogP contribution in [0, 0.1) is 5.41 Å². The second-order valence-electron chi connectivity index (χ2n) is 6.02. The molecule has 3 heteroatoms. The van der Waals surface area contributed by atoms with E-state index in [9.17, 15) is 0 Å². The van der Waals surface area contributed by atoms with E-state index in [2.05, 4.69) is 45.0 Å². The maximum Gasteiger partial charge on any atom is 0.0940 e. The summed E-state index contributed by atoms with van der Waals surface area (Å²) in [5.41, 5.74) is 8.31. The van der Waals surface area contributed by atoms with E-state index < -0.39 is 0 Å². The van der Waals surface area contributed by atoms with Gasteiger partial charge in [-0.15, -0.1) is 11.3 Å². The lowest BCUT2D eigenvalue weighted by Gasteiger charge is -2.15. The molecular formula is C16H22N2S. The van der Waals surface area contributed by atoms with Crippen molar-refractivity contribution in [3.05, 3.63) is 40.2 Å². The van der Waals surface area contributed by atoms with Crippen LogP contribution in [-0.4, -0.2) is 11.5 Å². The quantitative estimate of drug-likeness (QED) is 0.918. The molecule has 19 heavy (non-hydrogen) atoms. The Morgan fingerprint density at radius 3 is 2.42 bits per heavy atom. The molecule has 2 aromatic rings. The topological polar surface area (TPSA) is 38.9 Å². The van der Waals surface area contributed by atoms with Gasteiger partial charge in [0.05, 0.1) is 10.7 Å². The maximum absolute atomic E-state index is 5.72. The highest BCUT2D eigenvalue weighted by Crippen LogP contribution is 2.31. The van der Waals surface area contributed by atoms with E-state index in [1.165, 1.54) is 15.4 Å². The molecule has 0 radical (unpaired) electrons. The van der Waals surface area contributed by atoms with E-state index in [4.69, 9.17) is 10.7 Å². The van der Waals surface area contributed by atoms with Crippen LogP contribution in [0.25, 0.3) is 11.3 Å². The summed E-state index contributed by atoms with van der Waals surface area (Å²) < 4.78 is 0. The second-order valence-corrected chi connectivity index (χ2v) is 7.19. The van der Waals surface area contributed by atoms with Gasteiger partial charge in [0.1, 0.15) is 0 Å². The van der Waals surface area contributed by atoms with Crippen LogP contribution >= 0.6 is 11.3 Å². The van der Waals surface area contributed by atoms with Gasteiger partial charge in [-0.2, -0.15) is 0 Å². The normalized spacial score (nSPS) is 11.8. The third kappa shape index (κ3) is 3.88. The Labute approximate surface area is 119 Å². The lowest BCUT2D eigenvalue weighted by Crippen LogP contribution is -2.08. The Hall–Kier alpha value is -1.19. The summed E-state index contributed by atoms with van der Waals surface area (Å²) in [7, 11) is 0. The molecule has 0 unspecified atom stereocenters. The Morgan fingerprint density at radius 2 is 1.84 bits per heavy atom. The van der Waals surface area contributed by atoms with Crippen LogP contribution in [0.5, 0.6) is 0 Å². The van der Waals surface area contributed by atoms with E-state index in [0.717, 1.165) is 18.5 Å². The fraction of sp³-hybridized carbons (Fsp3) is 0.438. The average molecular weight is 274 g/mol. The predicted molar refractivity (Wildman–Crippen MR) is 83.5 cm³/mol. The summed E-state index contributed by atoms with van der Waals surface area (Å²) in [6.07, 6.45) is 1.92. The van der Waals surface area contributed by atoms with Crippen molar-refractivity contribution in [3.8, 4) is 11.3 Å². The number of aromatic nitrogens is 1. The van der Waals surface area contributed by atoms with Crippen LogP contribution in [-0.2, 0) is 12.8 Å². The number of nitrogens with two attached hydrogens (primary N) is 1. The van der Waals surface area contributed by atoms with Gasteiger partial charge in [-0.05, 0) is 18.4 Å². The standard InChI is InChI=1S/C16H22N2S/c1-16(2,3)11-14-18-15(13(19-14)9-10-17)12-7-5-4-6-8-12/h4-8H,9-11,17H2,1-3H3. The summed E-state index contributed by atoms with van der Waals surface area (Å²) in [5.74, 6) is 0. The molecular weight excluding hydrogens is 252 g/mol. The summed E-state index contributed by atoms with van der Waals surface area (Å²) in [4.78, 5) is 6.16. The lowest BCUT2D eigenvalue weighted by atomic mass is 9.93. The van der Waals surface area contributed by atoms with Crippen LogP contribution < -0.4 is 5.73 Å². The monoisotopic (exact) mass is 274 g/mol. The fourth-order valence-corrected chi connectivity index (χ4v) is 3.46. The summed E-state index contributed by atoms with van der Waals surface area (Å²) in [5, 5.41) is 1.22. The van der Waals surface area contributed by atoms with Crippen molar-refractivity contribution in [2.24, 2.45) is 11.1 Å². The highest BCUT2D eigenvalue weighted by molar-refractivity contribution is 7.12. The minimum absolute atomic E-state index is 0.270. The molecule has 0 aliphatic rings. The van der Waals surface area contributed by atoms with Crippen LogP contribution in [0.2, 0.25) is 0 Å². The summed E-state index contributed by atoms with van der Waals surface area (Å²) in [6, 6.07) is 10.4. The Bertz CT molecular complexity index is 523. The Balaban J connectivity index is 2.36. The van der Waals surface area contributed by atoms with E-state index in [-0.39, 0.29) is 5.41 Å². The van der Waals surface area contributed by atoms with Gasteiger partial charge in [0.2, 0.25) is 0 Å². The van der Waals surface area contributed by atoms with Crippen molar-refractivity contribution in [3.63, 3.8) is 0 Å².